The molecule has 140 valence electrons. The van der Waals surface area contributed by atoms with Crippen LogP contribution in [-0.2, 0) is 14.8 Å². The number of carboxylic acids is 1. The van der Waals surface area contributed by atoms with E-state index in [9.17, 15) is 18.3 Å². The van der Waals surface area contributed by atoms with E-state index in [0.29, 0.717) is 17.9 Å². The Bertz CT molecular complexity index is 877. The smallest absolute Gasteiger partial charge is 0.324 e. The van der Waals surface area contributed by atoms with Gasteiger partial charge in [-0.25, -0.2) is 8.42 Å². The first-order chi connectivity index (χ1) is 12.3. The molecule has 2 aromatic rings. The quantitative estimate of drug-likeness (QED) is 0.758. The third kappa shape index (κ3) is 4.26. The summed E-state index contributed by atoms with van der Waals surface area (Å²) >= 11 is 0. The zero-order valence-corrected chi connectivity index (χ0v) is 15.6. The van der Waals surface area contributed by atoms with Crippen molar-refractivity contribution in [2.45, 2.75) is 18.7 Å². The lowest BCUT2D eigenvalue weighted by atomic mass is 10.2. The standard InChI is InChI=1S/C18H21NO6S/c1-4-25-15-8-6-14(7-9-15)19(12-18(20)21)26(22,23)17-11-13(2)5-10-16(17)24-3/h5-11H,4,12H2,1-3H3,(H,20,21). The molecule has 0 aliphatic heterocycles. The van der Waals surface area contributed by atoms with Gasteiger partial charge in [0.1, 0.15) is 22.9 Å². The molecule has 0 bridgehead atoms. The molecule has 0 unspecified atom stereocenters. The zero-order chi connectivity index (χ0) is 19.3. The van der Waals surface area contributed by atoms with Crippen molar-refractivity contribution in [3.63, 3.8) is 0 Å². The van der Waals surface area contributed by atoms with Crippen LogP contribution in [-0.4, -0.2) is 39.8 Å². The maximum Gasteiger partial charge on any atom is 0.324 e. The first kappa shape index (κ1) is 19.6. The van der Waals surface area contributed by atoms with Crippen LogP contribution in [0.5, 0.6) is 11.5 Å². The molecule has 0 saturated carbocycles. The first-order valence-electron chi connectivity index (χ1n) is 7.91. The number of anilines is 1. The lowest BCUT2D eigenvalue weighted by Crippen LogP contribution is -2.36. The van der Waals surface area contributed by atoms with Gasteiger partial charge in [0, 0.05) is 0 Å². The van der Waals surface area contributed by atoms with Crippen LogP contribution in [0, 0.1) is 6.92 Å². The lowest BCUT2D eigenvalue weighted by Gasteiger charge is -2.24. The van der Waals surface area contributed by atoms with E-state index in [2.05, 4.69) is 0 Å². The predicted octanol–water partition coefficient (Wildman–Crippen LogP) is 2.68. The third-order valence-corrected chi connectivity index (χ3v) is 5.40. The zero-order valence-electron chi connectivity index (χ0n) is 14.8. The normalized spacial score (nSPS) is 11.0. The van der Waals surface area contributed by atoms with E-state index >= 15 is 0 Å². The minimum atomic E-state index is -4.15. The summed E-state index contributed by atoms with van der Waals surface area (Å²) in [7, 11) is -2.79. The Kier molecular flexibility index (Phi) is 6.10. The van der Waals surface area contributed by atoms with Crippen LogP contribution in [0.25, 0.3) is 0 Å². The van der Waals surface area contributed by atoms with E-state index in [0.717, 1.165) is 4.31 Å². The van der Waals surface area contributed by atoms with Crippen LogP contribution in [0.3, 0.4) is 0 Å². The van der Waals surface area contributed by atoms with Crippen molar-refractivity contribution in [1.29, 1.82) is 0 Å². The number of aliphatic carboxylic acids is 1. The number of benzene rings is 2. The number of sulfonamides is 1. The van der Waals surface area contributed by atoms with E-state index in [1.807, 2.05) is 6.92 Å². The largest absolute Gasteiger partial charge is 0.495 e. The monoisotopic (exact) mass is 379 g/mol. The van der Waals surface area contributed by atoms with Gasteiger partial charge in [0.25, 0.3) is 10.0 Å². The van der Waals surface area contributed by atoms with Gasteiger partial charge >= 0.3 is 5.97 Å². The van der Waals surface area contributed by atoms with E-state index < -0.39 is 22.5 Å². The molecular weight excluding hydrogens is 358 g/mol. The molecule has 0 spiro atoms. The lowest BCUT2D eigenvalue weighted by molar-refractivity contribution is -0.135. The number of hydrogen-bond acceptors (Lipinski definition) is 5. The summed E-state index contributed by atoms with van der Waals surface area (Å²) in [5, 5.41) is 9.21. The van der Waals surface area contributed by atoms with E-state index in [4.69, 9.17) is 9.47 Å². The molecule has 7 nitrogen and oxygen atoms in total. The summed E-state index contributed by atoms with van der Waals surface area (Å²) in [6.07, 6.45) is 0. The maximum absolute atomic E-state index is 13.2. The summed E-state index contributed by atoms with van der Waals surface area (Å²) in [5.74, 6) is -0.553. The van der Waals surface area contributed by atoms with E-state index in [1.54, 1.807) is 31.2 Å². The number of methoxy groups -OCH3 is 1. The van der Waals surface area contributed by atoms with Crippen LogP contribution in [0.15, 0.2) is 47.4 Å². The highest BCUT2D eigenvalue weighted by atomic mass is 32.2. The molecule has 0 fully saturated rings. The molecule has 8 heteroatoms. The molecule has 0 heterocycles. The van der Waals surface area contributed by atoms with Crippen LogP contribution < -0.4 is 13.8 Å². The first-order valence-corrected chi connectivity index (χ1v) is 9.35. The van der Waals surface area contributed by atoms with E-state index in [1.165, 1.54) is 25.3 Å². The van der Waals surface area contributed by atoms with Gasteiger partial charge < -0.3 is 14.6 Å². The van der Waals surface area contributed by atoms with Gasteiger partial charge in [-0.1, -0.05) is 6.07 Å². The van der Waals surface area contributed by atoms with Gasteiger partial charge in [-0.05, 0) is 55.8 Å². The Morgan fingerprint density at radius 1 is 1.15 bits per heavy atom. The Hall–Kier alpha value is -2.74. The minimum absolute atomic E-state index is 0.0878. The molecule has 0 saturated heterocycles. The summed E-state index contributed by atoms with van der Waals surface area (Å²) in [6.45, 7) is 3.33. The highest BCUT2D eigenvalue weighted by Gasteiger charge is 2.30. The molecule has 0 aliphatic rings. The Morgan fingerprint density at radius 3 is 2.35 bits per heavy atom. The Labute approximate surface area is 152 Å². The number of nitrogens with zero attached hydrogens (tertiary/aromatic N) is 1. The fourth-order valence-electron chi connectivity index (χ4n) is 2.42. The number of rotatable bonds is 8. The third-order valence-electron chi connectivity index (χ3n) is 3.60. The second-order valence-corrected chi connectivity index (χ2v) is 7.32. The van der Waals surface area contributed by atoms with Gasteiger partial charge in [-0.3, -0.25) is 9.10 Å². The highest BCUT2D eigenvalue weighted by Crippen LogP contribution is 2.31. The highest BCUT2D eigenvalue weighted by molar-refractivity contribution is 7.93. The predicted molar refractivity (Wildman–Crippen MR) is 97.5 cm³/mol. The van der Waals surface area contributed by atoms with Crippen molar-refractivity contribution in [3.05, 3.63) is 48.0 Å². The number of aryl methyl sites for hydroxylation is 1. The molecule has 0 radical (unpaired) electrons. The number of carboxylic acid groups (broad SMARTS) is 1. The van der Waals surface area contributed by atoms with Crippen molar-refractivity contribution in [2.75, 3.05) is 24.6 Å². The SMILES string of the molecule is CCOc1ccc(N(CC(=O)O)S(=O)(=O)c2cc(C)ccc2OC)cc1. The molecule has 2 aromatic carbocycles. The van der Waals surface area contributed by atoms with Gasteiger partial charge in [-0.2, -0.15) is 0 Å². The summed E-state index contributed by atoms with van der Waals surface area (Å²) in [5.41, 5.74) is 0.936. The molecular formula is C18H21NO6S. The van der Waals surface area contributed by atoms with Crippen LogP contribution in [0.4, 0.5) is 5.69 Å². The summed E-state index contributed by atoms with van der Waals surface area (Å²) in [6, 6.07) is 10.9. The number of ether oxygens (including phenoxy) is 2. The van der Waals surface area contributed by atoms with Crippen LogP contribution in [0.1, 0.15) is 12.5 Å². The Morgan fingerprint density at radius 2 is 1.81 bits per heavy atom. The molecule has 0 atom stereocenters. The molecule has 26 heavy (non-hydrogen) atoms. The van der Waals surface area contributed by atoms with Gasteiger partial charge in [0.2, 0.25) is 0 Å². The topological polar surface area (TPSA) is 93.1 Å². The van der Waals surface area contributed by atoms with Crippen molar-refractivity contribution >= 4 is 21.7 Å². The average Bonchev–Trinajstić information content (AvgIpc) is 2.60. The summed E-state index contributed by atoms with van der Waals surface area (Å²) in [4.78, 5) is 11.2. The van der Waals surface area contributed by atoms with Crippen LogP contribution in [0.2, 0.25) is 0 Å². The van der Waals surface area contributed by atoms with Crippen molar-refractivity contribution in [3.8, 4) is 11.5 Å². The maximum atomic E-state index is 13.2. The molecule has 1 N–H and O–H groups in total. The molecule has 0 aromatic heterocycles. The Balaban J connectivity index is 2.55. The number of hydrogen-bond donors (Lipinski definition) is 1. The number of carbonyl (C=O) groups is 1. The fourth-order valence-corrected chi connectivity index (χ4v) is 4.07. The second kappa shape index (κ2) is 8.09. The van der Waals surface area contributed by atoms with Gasteiger partial charge in [-0.15, -0.1) is 0 Å². The van der Waals surface area contributed by atoms with Gasteiger partial charge in [0.05, 0.1) is 19.4 Å². The van der Waals surface area contributed by atoms with Crippen molar-refractivity contribution in [2.24, 2.45) is 0 Å². The van der Waals surface area contributed by atoms with Crippen molar-refractivity contribution < 1.29 is 27.8 Å². The molecule has 2 rings (SSSR count). The fraction of sp³-hybridized carbons (Fsp3) is 0.278. The van der Waals surface area contributed by atoms with Crippen molar-refractivity contribution in [1.82, 2.24) is 0 Å². The van der Waals surface area contributed by atoms with E-state index in [-0.39, 0.29) is 16.3 Å². The van der Waals surface area contributed by atoms with Crippen LogP contribution >= 0.6 is 0 Å². The minimum Gasteiger partial charge on any atom is -0.495 e. The second-order valence-electron chi connectivity index (χ2n) is 5.49. The molecule has 0 amide bonds. The van der Waals surface area contributed by atoms with Gasteiger partial charge in [0.15, 0.2) is 0 Å². The molecule has 0 aliphatic carbocycles. The average molecular weight is 379 g/mol. The summed E-state index contributed by atoms with van der Waals surface area (Å²) < 4.78 is 37.7.